The third-order valence-corrected chi connectivity index (χ3v) is 3.50. The third kappa shape index (κ3) is 2.39. The fraction of sp³-hybridized carbons (Fsp3) is 0.429. The quantitative estimate of drug-likeness (QED) is 0.849. The van der Waals surface area contributed by atoms with E-state index in [0.717, 1.165) is 10.9 Å². The predicted octanol–water partition coefficient (Wildman–Crippen LogP) is 0.785. The zero-order chi connectivity index (χ0) is 14.1. The first-order valence-corrected chi connectivity index (χ1v) is 6.66. The van der Waals surface area contributed by atoms with Crippen molar-refractivity contribution in [2.24, 2.45) is 0 Å². The van der Waals surface area contributed by atoms with Crippen molar-refractivity contribution in [3.63, 3.8) is 0 Å². The number of H-pyrrole nitrogens is 1. The van der Waals surface area contributed by atoms with Gasteiger partial charge in [0.1, 0.15) is 0 Å². The molecule has 1 fully saturated rings. The van der Waals surface area contributed by atoms with E-state index in [9.17, 15) is 9.90 Å². The number of nitrogens with zero attached hydrogens (tertiary/aromatic N) is 2. The van der Waals surface area contributed by atoms with E-state index in [1.54, 1.807) is 17.2 Å². The van der Waals surface area contributed by atoms with Crippen LogP contribution in [0.4, 0.5) is 0 Å². The lowest BCUT2D eigenvalue weighted by Gasteiger charge is -2.36. The number of aliphatic hydroxyl groups is 1. The third-order valence-electron chi connectivity index (χ3n) is 3.50. The van der Waals surface area contributed by atoms with Gasteiger partial charge < -0.3 is 14.7 Å². The molecule has 1 aliphatic rings. The van der Waals surface area contributed by atoms with Crippen LogP contribution in [0.5, 0.6) is 0 Å². The Bertz CT molecular complexity index is 625. The van der Waals surface area contributed by atoms with Crippen LogP contribution in [0, 0.1) is 0 Å². The average Bonchev–Trinajstić information content (AvgIpc) is 2.93. The van der Waals surface area contributed by atoms with Gasteiger partial charge in [-0.25, -0.2) is 0 Å². The molecule has 20 heavy (non-hydrogen) atoms. The maximum absolute atomic E-state index is 12.5. The minimum absolute atomic E-state index is 0.0401. The van der Waals surface area contributed by atoms with E-state index in [2.05, 4.69) is 10.2 Å². The van der Waals surface area contributed by atoms with Crippen molar-refractivity contribution >= 4 is 16.8 Å². The second-order valence-corrected chi connectivity index (χ2v) is 5.13. The van der Waals surface area contributed by atoms with E-state index in [1.165, 1.54) is 0 Å². The van der Waals surface area contributed by atoms with Gasteiger partial charge in [-0.3, -0.25) is 9.89 Å². The lowest BCUT2D eigenvalue weighted by atomic mass is 10.1. The monoisotopic (exact) mass is 275 g/mol. The average molecular weight is 275 g/mol. The molecule has 2 aromatic rings. The number of nitrogens with one attached hydrogen (secondary N) is 1. The van der Waals surface area contributed by atoms with Crippen LogP contribution in [0.2, 0.25) is 0 Å². The number of aliphatic hydroxyl groups excluding tert-OH is 1. The van der Waals surface area contributed by atoms with Gasteiger partial charge >= 0.3 is 0 Å². The molecule has 0 spiro atoms. The SMILES string of the molecule is CC1CN(C(=O)c2ccc3[nH]ncc3c2)CC(CO)O1. The predicted molar refractivity (Wildman–Crippen MR) is 73.4 cm³/mol. The summed E-state index contributed by atoms with van der Waals surface area (Å²) in [6.07, 6.45) is 1.33. The van der Waals surface area contributed by atoms with Crippen molar-refractivity contribution in [2.45, 2.75) is 19.1 Å². The van der Waals surface area contributed by atoms with Crippen molar-refractivity contribution in [2.75, 3.05) is 19.7 Å². The topological polar surface area (TPSA) is 78.5 Å². The molecule has 0 radical (unpaired) electrons. The standard InChI is InChI=1S/C14H17N3O3/c1-9-6-17(7-12(8-18)20-9)14(19)10-2-3-13-11(4-10)5-15-16-13/h2-5,9,12,18H,6-8H2,1H3,(H,15,16). The van der Waals surface area contributed by atoms with Crippen LogP contribution in [-0.2, 0) is 4.74 Å². The van der Waals surface area contributed by atoms with Gasteiger partial charge in [0, 0.05) is 24.0 Å². The Hall–Kier alpha value is -1.92. The molecule has 2 atom stereocenters. The van der Waals surface area contributed by atoms with E-state index in [1.807, 2.05) is 19.1 Å². The lowest BCUT2D eigenvalue weighted by molar-refractivity contribution is -0.0858. The summed E-state index contributed by atoms with van der Waals surface area (Å²) in [5.41, 5.74) is 1.54. The number of aromatic amines is 1. The number of ether oxygens (including phenoxy) is 1. The van der Waals surface area contributed by atoms with E-state index >= 15 is 0 Å². The number of morpholine rings is 1. The second kappa shape index (κ2) is 5.22. The number of carbonyl (C=O) groups is 1. The van der Waals surface area contributed by atoms with Crippen LogP contribution < -0.4 is 0 Å². The second-order valence-electron chi connectivity index (χ2n) is 5.13. The van der Waals surface area contributed by atoms with Crippen molar-refractivity contribution in [1.82, 2.24) is 15.1 Å². The van der Waals surface area contributed by atoms with Crippen molar-refractivity contribution in [1.29, 1.82) is 0 Å². The zero-order valence-electron chi connectivity index (χ0n) is 11.2. The van der Waals surface area contributed by atoms with Crippen LogP contribution in [0.15, 0.2) is 24.4 Å². The largest absolute Gasteiger partial charge is 0.394 e. The normalized spacial score (nSPS) is 23.2. The highest BCUT2D eigenvalue weighted by Crippen LogP contribution is 2.17. The van der Waals surface area contributed by atoms with E-state index in [4.69, 9.17) is 4.74 Å². The molecule has 2 heterocycles. The van der Waals surface area contributed by atoms with Crippen LogP contribution in [0.1, 0.15) is 17.3 Å². The van der Waals surface area contributed by atoms with Gasteiger partial charge in [0.25, 0.3) is 5.91 Å². The first-order chi connectivity index (χ1) is 9.67. The summed E-state index contributed by atoms with van der Waals surface area (Å²) >= 11 is 0. The summed E-state index contributed by atoms with van der Waals surface area (Å²) in [4.78, 5) is 14.3. The van der Waals surface area contributed by atoms with Crippen LogP contribution in [-0.4, -0.2) is 58.0 Å². The Morgan fingerprint density at radius 2 is 2.40 bits per heavy atom. The molecule has 6 nitrogen and oxygen atoms in total. The minimum atomic E-state index is -0.305. The number of benzene rings is 1. The number of rotatable bonds is 2. The fourth-order valence-corrected chi connectivity index (χ4v) is 2.57. The van der Waals surface area contributed by atoms with Gasteiger partial charge in [-0.15, -0.1) is 0 Å². The fourth-order valence-electron chi connectivity index (χ4n) is 2.57. The van der Waals surface area contributed by atoms with Crippen LogP contribution in [0.3, 0.4) is 0 Å². The maximum atomic E-state index is 12.5. The highest BCUT2D eigenvalue weighted by Gasteiger charge is 2.28. The minimum Gasteiger partial charge on any atom is -0.394 e. The molecule has 1 aliphatic heterocycles. The molecule has 2 unspecified atom stereocenters. The highest BCUT2D eigenvalue weighted by molar-refractivity contribution is 5.97. The van der Waals surface area contributed by atoms with Crippen molar-refractivity contribution < 1.29 is 14.6 Å². The molecule has 2 N–H and O–H groups in total. The molecule has 3 rings (SSSR count). The molecule has 0 bridgehead atoms. The lowest BCUT2D eigenvalue weighted by Crippen LogP contribution is -2.50. The maximum Gasteiger partial charge on any atom is 0.254 e. The summed E-state index contributed by atoms with van der Waals surface area (Å²) in [6, 6.07) is 5.47. The van der Waals surface area contributed by atoms with Crippen LogP contribution >= 0.6 is 0 Å². The number of fused-ring (bicyclic) bond motifs is 1. The smallest absolute Gasteiger partial charge is 0.254 e. The highest BCUT2D eigenvalue weighted by atomic mass is 16.5. The van der Waals surface area contributed by atoms with Crippen molar-refractivity contribution in [3.05, 3.63) is 30.0 Å². The number of carbonyl (C=O) groups excluding carboxylic acids is 1. The molecule has 1 saturated heterocycles. The summed E-state index contributed by atoms with van der Waals surface area (Å²) < 4.78 is 5.55. The Kier molecular flexibility index (Phi) is 3.42. The summed E-state index contributed by atoms with van der Waals surface area (Å²) in [5, 5.41) is 16.9. The number of aromatic nitrogens is 2. The molecular formula is C14H17N3O3. The Morgan fingerprint density at radius 1 is 1.55 bits per heavy atom. The number of hydrogen-bond donors (Lipinski definition) is 2. The summed E-state index contributed by atoms with van der Waals surface area (Å²) in [5.74, 6) is -0.0401. The Balaban J connectivity index is 1.83. The molecule has 1 amide bonds. The first-order valence-electron chi connectivity index (χ1n) is 6.66. The Labute approximate surface area is 116 Å². The molecule has 0 saturated carbocycles. The Morgan fingerprint density at radius 3 is 3.20 bits per heavy atom. The van der Waals surface area contributed by atoms with Gasteiger partial charge in [0.05, 0.1) is 30.5 Å². The molecule has 0 aliphatic carbocycles. The number of hydrogen-bond acceptors (Lipinski definition) is 4. The first kappa shape index (κ1) is 13.1. The van der Waals surface area contributed by atoms with Gasteiger partial charge in [0.2, 0.25) is 0 Å². The van der Waals surface area contributed by atoms with Crippen LogP contribution in [0.25, 0.3) is 10.9 Å². The summed E-state index contributed by atoms with van der Waals surface area (Å²) in [7, 11) is 0. The molecule has 1 aromatic carbocycles. The zero-order valence-corrected chi connectivity index (χ0v) is 11.2. The molecule has 106 valence electrons. The van der Waals surface area contributed by atoms with Gasteiger partial charge in [-0.05, 0) is 25.1 Å². The molecule has 6 heteroatoms. The van der Waals surface area contributed by atoms with E-state index in [0.29, 0.717) is 18.7 Å². The van der Waals surface area contributed by atoms with Crippen molar-refractivity contribution in [3.8, 4) is 0 Å². The van der Waals surface area contributed by atoms with Gasteiger partial charge in [-0.2, -0.15) is 5.10 Å². The molecular weight excluding hydrogens is 258 g/mol. The van der Waals surface area contributed by atoms with E-state index in [-0.39, 0.29) is 24.7 Å². The van der Waals surface area contributed by atoms with Gasteiger partial charge in [-0.1, -0.05) is 0 Å². The van der Waals surface area contributed by atoms with E-state index < -0.39 is 0 Å². The summed E-state index contributed by atoms with van der Waals surface area (Å²) in [6.45, 7) is 2.79. The number of amides is 1. The molecule has 1 aromatic heterocycles. The van der Waals surface area contributed by atoms with Gasteiger partial charge in [0.15, 0.2) is 0 Å².